The maximum absolute atomic E-state index is 13.9. The molecule has 1 aliphatic heterocycles. The second kappa shape index (κ2) is 11.9. The number of hydrogen-bond donors (Lipinski definition) is 3. The predicted octanol–water partition coefficient (Wildman–Crippen LogP) is 6.21. The van der Waals surface area contributed by atoms with Gasteiger partial charge in [-0.25, -0.2) is 0 Å². The van der Waals surface area contributed by atoms with Gasteiger partial charge in [-0.2, -0.15) is 32.8 Å². The summed E-state index contributed by atoms with van der Waals surface area (Å²) < 4.78 is 42.8. The third-order valence-corrected chi connectivity index (χ3v) is 8.10. The van der Waals surface area contributed by atoms with E-state index in [1.165, 1.54) is 6.08 Å². The molecule has 0 radical (unpaired) electrons. The number of hydrogen-bond acceptors (Lipinski definition) is 8. The number of pyridine rings is 1. The largest absolute Gasteiger partial charge is 0.421 e. The predicted molar refractivity (Wildman–Crippen MR) is 168 cm³/mol. The molecule has 12 heteroatoms. The van der Waals surface area contributed by atoms with Gasteiger partial charge in [0.15, 0.2) is 11.4 Å². The Bertz CT molecular complexity index is 1890. The van der Waals surface area contributed by atoms with Crippen LogP contribution in [0.25, 0.3) is 27.7 Å². The van der Waals surface area contributed by atoms with Crippen molar-refractivity contribution < 1.29 is 18.0 Å². The molecule has 1 fully saturated rings. The molecule has 3 N–H and O–H groups in total. The lowest BCUT2D eigenvalue weighted by Gasteiger charge is -2.36. The maximum atomic E-state index is 13.9. The van der Waals surface area contributed by atoms with E-state index >= 15 is 0 Å². The van der Waals surface area contributed by atoms with Crippen molar-refractivity contribution in [2.24, 2.45) is 0 Å². The molecule has 1 atom stereocenters. The fourth-order valence-corrected chi connectivity index (χ4v) is 5.59. The van der Waals surface area contributed by atoms with Crippen LogP contribution in [0.3, 0.4) is 0 Å². The average Bonchev–Trinajstić information content (AvgIpc) is 3.46. The van der Waals surface area contributed by atoms with E-state index in [9.17, 15) is 18.0 Å². The van der Waals surface area contributed by atoms with Crippen LogP contribution >= 0.6 is 0 Å². The van der Waals surface area contributed by atoms with Crippen LogP contribution in [0, 0.1) is 0 Å². The highest BCUT2D eigenvalue weighted by Crippen LogP contribution is 2.34. The van der Waals surface area contributed by atoms with Gasteiger partial charge >= 0.3 is 6.18 Å². The summed E-state index contributed by atoms with van der Waals surface area (Å²) in [5.74, 6) is 0.160. The molecule has 0 saturated carbocycles. The molecule has 6 rings (SSSR count). The molecule has 0 amide bonds. The second-order valence-corrected chi connectivity index (χ2v) is 11.9. The van der Waals surface area contributed by atoms with Crippen LogP contribution in [0.4, 0.5) is 25.1 Å². The number of fused-ring (bicyclic) bond motifs is 2. The standard InChI is InChI=1S/C33H33F3N8O/c1-4-24(45)16-20-9-10-26-21(15-20)12-14-37-28(26)25-8-6-5-7-22(25)17-38-31-43-30(41-23-11-13-32(2,3)39-18-23)42-29-27(33(34,35)36)19-40-44(29)31/h4-10,12,14-15,19,23,39H,1,11,13,16-18H2,2-3H3,(H2,38,41,42,43). The third kappa shape index (κ3) is 6.51. The van der Waals surface area contributed by atoms with E-state index in [1.54, 1.807) is 6.20 Å². The maximum Gasteiger partial charge on any atom is 0.421 e. The van der Waals surface area contributed by atoms with Crippen molar-refractivity contribution in [3.8, 4) is 11.3 Å². The Kier molecular flexibility index (Phi) is 8.00. The van der Waals surface area contributed by atoms with Crippen molar-refractivity contribution in [1.29, 1.82) is 0 Å². The summed E-state index contributed by atoms with van der Waals surface area (Å²) in [4.78, 5) is 25.4. The fraction of sp³-hybridized carbons (Fsp3) is 0.303. The molecular weight excluding hydrogens is 581 g/mol. The first-order valence-corrected chi connectivity index (χ1v) is 14.7. The first-order chi connectivity index (χ1) is 21.5. The van der Waals surface area contributed by atoms with Gasteiger partial charge in [0.25, 0.3) is 0 Å². The van der Waals surface area contributed by atoms with Crippen LogP contribution in [0.15, 0.2) is 73.6 Å². The molecular formula is C33H33F3N8O. The Labute approximate surface area is 258 Å². The minimum Gasteiger partial charge on any atom is -0.350 e. The minimum atomic E-state index is -4.63. The number of anilines is 2. The quantitative estimate of drug-likeness (QED) is 0.168. The first-order valence-electron chi connectivity index (χ1n) is 14.7. The second-order valence-electron chi connectivity index (χ2n) is 11.9. The zero-order valence-electron chi connectivity index (χ0n) is 24.9. The van der Waals surface area contributed by atoms with Gasteiger partial charge in [-0.1, -0.05) is 49.0 Å². The number of rotatable bonds is 9. The molecule has 1 aliphatic rings. The van der Waals surface area contributed by atoms with E-state index in [2.05, 4.69) is 56.4 Å². The molecule has 1 saturated heterocycles. The lowest BCUT2D eigenvalue weighted by molar-refractivity contribution is -0.136. The highest BCUT2D eigenvalue weighted by atomic mass is 19.4. The van der Waals surface area contributed by atoms with Crippen LogP contribution in [0.5, 0.6) is 0 Å². The van der Waals surface area contributed by atoms with E-state index in [1.807, 2.05) is 48.5 Å². The van der Waals surface area contributed by atoms with E-state index in [4.69, 9.17) is 0 Å². The van der Waals surface area contributed by atoms with E-state index < -0.39 is 11.7 Å². The zero-order chi connectivity index (χ0) is 31.8. The number of alkyl halides is 3. The van der Waals surface area contributed by atoms with Crippen LogP contribution in [0.1, 0.15) is 43.4 Å². The molecule has 232 valence electrons. The Morgan fingerprint density at radius 3 is 2.76 bits per heavy atom. The summed E-state index contributed by atoms with van der Waals surface area (Å²) >= 11 is 0. The van der Waals surface area contributed by atoms with Crippen LogP contribution in [0.2, 0.25) is 0 Å². The number of carbonyl (C=O) groups is 1. The molecule has 45 heavy (non-hydrogen) atoms. The van der Waals surface area contributed by atoms with Crippen molar-refractivity contribution in [2.75, 3.05) is 17.2 Å². The van der Waals surface area contributed by atoms with Crippen LogP contribution < -0.4 is 16.0 Å². The summed E-state index contributed by atoms with van der Waals surface area (Å²) in [6, 6.07) is 15.3. The molecule has 4 heterocycles. The topological polar surface area (TPSA) is 109 Å². The molecule has 5 aromatic rings. The monoisotopic (exact) mass is 614 g/mol. The fourth-order valence-electron chi connectivity index (χ4n) is 5.59. The summed E-state index contributed by atoms with van der Waals surface area (Å²) in [5, 5.41) is 15.7. The normalized spacial score (nSPS) is 16.5. The Morgan fingerprint density at radius 1 is 1.18 bits per heavy atom. The first kappa shape index (κ1) is 30.2. The Morgan fingerprint density at radius 2 is 2.00 bits per heavy atom. The smallest absolute Gasteiger partial charge is 0.350 e. The number of ketones is 1. The molecule has 0 spiro atoms. The highest BCUT2D eigenvalue weighted by Gasteiger charge is 2.36. The molecule has 0 aliphatic carbocycles. The molecule has 9 nitrogen and oxygen atoms in total. The average molecular weight is 615 g/mol. The summed E-state index contributed by atoms with van der Waals surface area (Å²) in [7, 11) is 0. The van der Waals surface area contributed by atoms with E-state index in [0.717, 1.165) is 56.7 Å². The highest BCUT2D eigenvalue weighted by molar-refractivity contribution is 5.97. The van der Waals surface area contributed by atoms with Gasteiger partial charge in [0.1, 0.15) is 5.56 Å². The number of halogens is 3. The lowest BCUT2D eigenvalue weighted by Crippen LogP contribution is -2.50. The van der Waals surface area contributed by atoms with Crippen molar-refractivity contribution in [1.82, 2.24) is 29.9 Å². The van der Waals surface area contributed by atoms with Crippen molar-refractivity contribution in [3.05, 3.63) is 90.3 Å². The number of carbonyl (C=O) groups excluding carboxylic acids is 1. The number of piperidine rings is 1. The van der Waals surface area contributed by atoms with Crippen LogP contribution in [-0.4, -0.2) is 48.5 Å². The summed E-state index contributed by atoms with van der Waals surface area (Å²) in [6.07, 6.45) is 1.15. The van der Waals surface area contributed by atoms with Gasteiger partial charge < -0.3 is 16.0 Å². The van der Waals surface area contributed by atoms with Crippen molar-refractivity contribution >= 4 is 34.1 Å². The molecule has 2 aromatic carbocycles. The molecule has 3 aromatic heterocycles. The van der Waals surface area contributed by atoms with Gasteiger partial charge in [0, 0.05) is 48.2 Å². The number of benzene rings is 2. The number of aromatic nitrogens is 5. The van der Waals surface area contributed by atoms with Gasteiger partial charge in [0.2, 0.25) is 11.9 Å². The molecule has 1 unspecified atom stereocenters. The number of nitrogens with one attached hydrogen (secondary N) is 3. The Hall–Kier alpha value is -4.84. The third-order valence-electron chi connectivity index (χ3n) is 8.10. The molecule has 0 bridgehead atoms. The SMILES string of the molecule is C=CC(=O)Cc1ccc2c(-c3ccccc3CNc3nc(NC4CCC(C)(C)NC4)nc4c(C(F)(F)F)cnn34)nccc2c1. The summed E-state index contributed by atoms with van der Waals surface area (Å²) in [5.41, 5.74) is 2.04. The zero-order valence-corrected chi connectivity index (χ0v) is 24.9. The van der Waals surface area contributed by atoms with Gasteiger partial charge in [-0.3, -0.25) is 9.78 Å². The lowest BCUT2D eigenvalue weighted by atomic mass is 9.91. The van der Waals surface area contributed by atoms with Gasteiger partial charge in [0.05, 0.1) is 11.9 Å². The van der Waals surface area contributed by atoms with E-state index in [-0.39, 0.29) is 47.9 Å². The summed E-state index contributed by atoms with van der Waals surface area (Å²) in [6.45, 7) is 8.64. The van der Waals surface area contributed by atoms with Crippen molar-refractivity contribution in [3.63, 3.8) is 0 Å². The Balaban J connectivity index is 1.32. The van der Waals surface area contributed by atoms with Crippen molar-refractivity contribution in [2.45, 2.75) is 57.4 Å². The van der Waals surface area contributed by atoms with E-state index in [0.29, 0.717) is 6.54 Å². The van der Waals surface area contributed by atoms with Gasteiger partial charge in [-0.05, 0) is 55.3 Å². The number of nitrogens with zero attached hydrogens (tertiary/aromatic N) is 5. The van der Waals surface area contributed by atoms with Crippen LogP contribution in [-0.2, 0) is 23.9 Å². The minimum absolute atomic E-state index is 0.0101. The number of allylic oxidation sites excluding steroid dienone is 1. The van der Waals surface area contributed by atoms with Gasteiger partial charge in [-0.15, -0.1) is 0 Å².